The van der Waals surface area contributed by atoms with Gasteiger partial charge in [-0.25, -0.2) is 14.6 Å². The first-order valence-electron chi connectivity index (χ1n) is 11.1. The van der Waals surface area contributed by atoms with Crippen LogP contribution in [0.5, 0.6) is 5.75 Å². The third kappa shape index (κ3) is 5.42. The van der Waals surface area contributed by atoms with E-state index in [-0.39, 0.29) is 11.7 Å². The summed E-state index contributed by atoms with van der Waals surface area (Å²) < 4.78 is 12.6. The largest absolute Gasteiger partial charge is 0.482 e. The van der Waals surface area contributed by atoms with Crippen LogP contribution in [0.3, 0.4) is 0 Å². The molecule has 1 aliphatic heterocycles. The maximum Gasteiger partial charge on any atom is 0.341 e. The van der Waals surface area contributed by atoms with Gasteiger partial charge < -0.3 is 14.6 Å². The van der Waals surface area contributed by atoms with Crippen LogP contribution in [0.15, 0.2) is 69.6 Å². The zero-order valence-corrected chi connectivity index (χ0v) is 21.3. The van der Waals surface area contributed by atoms with E-state index in [1.165, 1.54) is 15.9 Å². The highest BCUT2D eigenvalue weighted by Crippen LogP contribution is 2.31. The Morgan fingerprint density at radius 3 is 2.44 bits per heavy atom. The maximum atomic E-state index is 13.6. The van der Waals surface area contributed by atoms with Crippen LogP contribution in [0.4, 0.5) is 0 Å². The number of benzene rings is 2. The molecule has 0 saturated carbocycles. The standard InChI is InChI=1S/C26H23ClN2O6S/c1-14(2)35-25(33)22-15(3)28-26-29(23(22)17-6-8-18(27)9-7-17)24(32)20(36-26)12-16-4-10-19(11-5-16)34-13-21(30)31/h4-12,14,23H,13H2,1-3H3,(H,30,31)/b20-12+/t23-/m0/s1. The number of carbonyl (C=O) groups is 2. The van der Waals surface area contributed by atoms with E-state index in [0.29, 0.717) is 36.9 Å². The number of thiazole rings is 1. The highest BCUT2D eigenvalue weighted by Gasteiger charge is 2.33. The zero-order valence-electron chi connectivity index (χ0n) is 19.7. The van der Waals surface area contributed by atoms with Crippen LogP contribution in [-0.2, 0) is 14.3 Å². The van der Waals surface area contributed by atoms with Crippen molar-refractivity contribution in [3.05, 3.63) is 95.6 Å². The quantitative estimate of drug-likeness (QED) is 0.473. The molecule has 2 aromatic carbocycles. The summed E-state index contributed by atoms with van der Waals surface area (Å²) in [5.41, 5.74) is 1.91. The van der Waals surface area contributed by atoms with Gasteiger partial charge in [0.05, 0.1) is 27.9 Å². The van der Waals surface area contributed by atoms with E-state index >= 15 is 0 Å². The lowest BCUT2D eigenvalue weighted by Gasteiger charge is -2.25. The Labute approximate surface area is 215 Å². The molecule has 0 radical (unpaired) electrons. The molecule has 2 heterocycles. The third-order valence-electron chi connectivity index (χ3n) is 5.31. The molecule has 0 aliphatic carbocycles. The molecule has 186 valence electrons. The molecule has 0 saturated heterocycles. The molecular weight excluding hydrogens is 504 g/mol. The topological polar surface area (TPSA) is 107 Å². The number of carboxylic acid groups (broad SMARTS) is 1. The lowest BCUT2D eigenvalue weighted by atomic mass is 9.96. The number of aromatic nitrogens is 1. The van der Waals surface area contributed by atoms with Crippen LogP contribution in [0.2, 0.25) is 5.02 Å². The maximum absolute atomic E-state index is 13.6. The summed E-state index contributed by atoms with van der Waals surface area (Å²) >= 11 is 7.30. The second kappa shape index (κ2) is 10.5. The minimum absolute atomic E-state index is 0.296. The predicted octanol–water partition coefficient (Wildman–Crippen LogP) is 3.30. The van der Waals surface area contributed by atoms with Crippen molar-refractivity contribution in [2.45, 2.75) is 32.9 Å². The van der Waals surface area contributed by atoms with E-state index in [1.54, 1.807) is 75.4 Å². The Hall–Kier alpha value is -3.69. The molecule has 1 atom stereocenters. The third-order valence-corrected chi connectivity index (χ3v) is 6.55. The van der Waals surface area contributed by atoms with Crippen molar-refractivity contribution in [2.24, 2.45) is 4.99 Å². The molecule has 1 aliphatic rings. The zero-order chi connectivity index (χ0) is 26.0. The van der Waals surface area contributed by atoms with Gasteiger partial charge in [0.1, 0.15) is 5.75 Å². The number of hydrogen-bond acceptors (Lipinski definition) is 7. The number of hydrogen-bond donors (Lipinski definition) is 1. The van der Waals surface area contributed by atoms with Crippen molar-refractivity contribution >= 4 is 41.0 Å². The van der Waals surface area contributed by atoms with Crippen molar-refractivity contribution in [1.29, 1.82) is 0 Å². The molecule has 3 aromatic rings. The molecule has 1 aromatic heterocycles. The molecule has 0 amide bonds. The van der Waals surface area contributed by atoms with E-state index in [1.807, 2.05) is 0 Å². The van der Waals surface area contributed by atoms with Crippen LogP contribution in [0, 0.1) is 0 Å². The number of halogens is 1. The van der Waals surface area contributed by atoms with Gasteiger partial charge >= 0.3 is 11.9 Å². The molecule has 0 spiro atoms. The Morgan fingerprint density at radius 2 is 1.83 bits per heavy atom. The second-order valence-corrected chi connectivity index (χ2v) is 9.78. The molecule has 4 rings (SSSR count). The van der Waals surface area contributed by atoms with Gasteiger partial charge in [-0.2, -0.15) is 0 Å². The van der Waals surface area contributed by atoms with E-state index in [0.717, 1.165) is 5.56 Å². The van der Waals surface area contributed by atoms with Crippen LogP contribution < -0.4 is 19.6 Å². The first-order valence-corrected chi connectivity index (χ1v) is 12.3. The highest BCUT2D eigenvalue weighted by molar-refractivity contribution is 7.07. The van der Waals surface area contributed by atoms with E-state index in [4.69, 9.17) is 26.2 Å². The van der Waals surface area contributed by atoms with Gasteiger partial charge in [-0.15, -0.1) is 0 Å². The smallest absolute Gasteiger partial charge is 0.341 e. The SMILES string of the molecule is CC1=C(C(=O)OC(C)C)[C@H](c2ccc(Cl)cc2)n2c(s/c(=C/c3ccc(OCC(=O)O)cc3)c2=O)=N1. The summed E-state index contributed by atoms with van der Waals surface area (Å²) in [6.07, 6.45) is 1.38. The Balaban J connectivity index is 1.81. The summed E-state index contributed by atoms with van der Waals surface area (Å²) in [4.78, 5) is 42.4. The van der Waals surface area contributed by atoms with Crippen molar-refractivity contribution in [1.82, 2.24) is 4.57 Å². The highest BCUT2D eigenvalue weighted by atomic mass is 35.5. The minimum Gasteiger partial charge on any atom is -0.482 e. The van der Waals surface area contributed by atoms with E-state index < -0.39 is 24.6 Å². The Morgan fingerprint density at radius 1 is 1.17 bits per heavy atom. The van der Waals surface area contributed by atoms with E-state index in [2.05, 4.69) is 4.99 Å². The Bertz CT molecular complexity index is 1520. The summed E-state index contributed by atoms with van der Waals surface area (Å²) in [6, 6.07) is 13.0. The van der Waals surface area contributed by atoms with Gasteiger partial charge in [0.2, 0.25) is 0 Å². The molecule has 10 heteroatoms. The van der Waals surface area contributed by atoms with E-state index in [9.17, 15) is 14.4 Å². The van der Waals surface area contributed by atoms with Crippen molar-refractivity contribution in [3.63, 3.8) is 0 Å². The number of rotatable bonds is 7. The Kier molecular flexibility index (Phi) is 7.42. The summed E-state index contributed by atoms with van der Waals surface area (Å²) in [5.74, 6) is -1.19. The predicted molar refractivity (Wildman–Crippen MR) is 136 cm³/mol. The minimum atomic E-state index is -1.07. The lowest BCUT2D eigenvalue weighted by Crippen LogP contribution is -2.40. The number of esters is 1. The van der Waals surface area contributed by atoms with Gasteiger partial charge in [0, 0.05) is 5.02 Å². The molecule has 36 heavy (non-hydrogen) atoms. The summed E-state index contributed by atoms with van der Waals surface area (Å²) in [5, 5.41) is 9.29. The van der Waals surface area contributed by atoms with Crippen molar-refractivity contribution in [3.8, 4) is 5.75 Å². The van der Waals surface area contributed by atoms with Crippen molar-refractivity contribution in [2.75, 3.05) is 6.61 Å². The fourth-order valence-electron chi connectivity index (χ4n) is 3.78. The molecular formula is C26H23ClN2O6S. The average Bonchev–Trinajstić information content (AvgIpc) is 3.12. The van der Waals surface area contributed by atoms with Gasteiger partial charge in [-0.05, 0) is 62.2 Å². The second-order valence-electron chi connectivity index (χ2n) is 8.34. The fraction of sp³-hybridized carbons (Fsp3) is 0.231. The number of fused-ring (bicyclic) bond motifs is 1. The lowest BCUT2D eigenvalue weighted by molar-refractivity contribution is -0.143. The fourth-order valence-corrected chi connectivity index (χ4v) is 4.95. The van der Waals surface area contributed by atoms with Gasteiger partial charge in [0.15, 0.2) is 11.4 Å². The molecule has 0 fully saturated rings. The van der Waals surface area contributed by atoms with Crippen molar-refractivity contribution < 1.29 is 24.2 Å². The summed E-state index contributed by atoms with van der Waals surface area (Å²) in [7, 11) is 0. The van der Waals surface area contributed by atoms with Gasteiger partial charge in [0.25, 0.3) is 5.56 Å². The normalized spacial score (nSPS) is 15.5. The monoisotopic (exact) mass is 526 g/mol. The molecule has 0 bridgehead atoms. The number of allylic oxidation sites excluding steroid dienone is 1. The van der Waals surface area contributed by atoms with Crippen LogP contribution in [0.25, 0.3) is 6.08 Å². The number of carbonyl (C=O) groups excluding carboxylic acids is 1. The average molecular weight is 527 g/mol. The molecule has 1 N–H and O–H groups in total. The van der Waals surface area contributed by atoms with Gasteiger partial charge in [-0.3, -0.25) is 9.36 Å². The number of aliphatic carboxylic acids is 1. The van der Waals surface area contributed by atoms with Crippen LogP contribution in [0.1, 0.15) is 37.9 Å². The molecule has 8 nitrogen and oxygen atoms in total. The summed E-state index contributed by atoms with van der Waals surface area (Å²) in [6.45, 7) is 4.81. The number of ether oxygens (including phenoxy) is 2. The molecule has 0 unspecified atom stereocenters. The van der Waals surface area contributed by atoms with Crippen LogP contribution >= 0.6 is 22.9 Å². The first kappa shape index (κ1) is 25.4. The van der Waals surface area contributed by atoms with Crippen LogP contribution in [-0.4, -0.2) is 34.3 Å². The number of carboxylic acids is 1. The first-order chi connectivity index (χ1) is 17.1. The van der Waals surface area contributed by atoms with Gasteiger partial charge in [-0.1, -0.05) is 47.2 Å². The number of nitrogens with zero attached hydrogens (tertiary/aromatic N) is 2.